The zero-order valence-electron chi connectivity index (χ0n) is 21.8. The molecule has 4 amide bonds. The Morgan fingerprint density at radius 2 is 1.77 bits per heavy atom. The molecule has 0 spiro atoms. The van der Waals surface area contributed by atoms with E-state index in [1.807, 2.05) is 30.5 Å². The summed E-state index contributed by atoms with van der Waals surface area (Å²) < 4.78 is 0. The summed E-state index contributed by atoms with van der Waals surface area (Å²) >= 11 is 1.46. The number of thioether (sulfide) groups is 1. The Bertz CT molecular complexity index is 1180. The highest BCUT2D eigenvalue weighted by atomic mass is 32.2. The van der Waals surface area contributed by atoms with Crippen molar-refractivity contribution in [3.05, 3.63) is 36.0 Å². The molecule has 0 saturated carbocycles. The SMILES string of the molecule is CSCCC(NC(=O)C(Cc1c[nH]c2ccccc12)NC(=O)C1CCCN1)C(=O)NC(CCC(N)=O)C(=O)O. The molecule has 2 aromatic rings. The third-order valence-corrected chi connectivity index (χ3v) is 7.29. The van der Waals surface area contributed by atoms with Crippen molar-refractivity contribution >= 4 is 52.3 Å². The summed E-state index contributed by atoms with van der Waals surface area (Å²) in [5.74, 6) is -3.03. The van der Waals surface area contributed by atoms with Crippen molar-refractivity contribution in [3.63, 3.8) is 0 Å². The summed E-state index contributed by atoms with van der Waals surface area (Å²) in [4.78, 5) is 65.5. The lowest BCUT2D eigenvalue weighted by Crippen LogP contribution is -2.57. The molecule has 0 aliphatic carbocycles. The van der Waals surface area contributed by atoms with Crippen LogP contribution in [0.2, 0.25) is 0 Å². The number of aromatic amines is 1. The van der Waals surface area contributed by atoms with E-state index in [2.05, 4.69) is 26.3 Å². The number of carbonyl (C=O) groups excluding carboxylic acids is 4. The van der Waals surface area contributed by atoms with E-state index in [9.17, 15) is 29.1 Å². The fraction of sp³-hybridized carbons (Fsp3) is 0.500. The fourth-order valence-electron chi connectivity index (χ4n) is 4.50. The average molecular weight is 561 g/mol. The third-order valence-electron chi connectivity index (χ3n) is 6.65. The van der Waals surface area contributed by atoms with E-state index in [1.165, 1.54) is 11.8 Å². The number of carboxylic acid groups (broad SMARTS) is 1. The first-order valence-electron chi connectivity index (χ1n) is 12.9. The number of fused-ring (bicyclic) bond motifs is 1. The van der Waals surface area contributed by atoms with E-state index >= 15 is 0 Å². The quantitative estimate of drug-likeness (QED) is 0.158. The van der Waals surface area contributed by atoms with Crippen molar-refractivity contribution in [1.82, 2.24) is 26.3 Å². The molecule has 1 aliphatic rings. The lowest BCUT2D eigenvalue weighted by atomic mass is 10.0. The van der Waals surface area contributed by atoms with Crippen LogP contribution in [0.1, 0.15) is 37.7 Å². The predicted octanol–water partition coefficient (Wildman–Crippen LogP) is 0.0200. The van der Waals surface area contributed by atoms with Gasteiger partial charge in [-0.25, -0.2) is 4.79 Å². The minimum absolute atomic E-state index is 0.173. The molecule has 0 bridgehead atoms. The van der Waals surface area contributed by atoms with Crippen LogP contribution in [-0.4, -0.2) is 82.4 Å². The molecule has 1 aromatic carbocycles. The number of carboxylic acids is 1. The minimum Gasteiger partial charge on any atom is -0.480 e. The van der Waals surface area contributed by atoms with Crippen LogP contribution in [0.25, 0.3) is 10.9 Å². The van der Waals surface area contributed by atoms with Crippen molar-refractivity contribution in [2.75, 3.05) is 18.6 Å². The Morgan fingerprint density at radius 3 is 2.44 bits per heavy atom. The van der Waals surface area contributed by atoms with Gasteiger partial charge in [0.25, 0.3) is 0 Å². The smallest absolute Gasteiger partial charge is 0.326 e. The van der Waals surface area contributed by atoms with Gasteiger partial charge in [-0.15, -0.1) is 0 Å². The normalized spacial score (nSPS) is 17.2. The lowest BCUT2D eigenvalue weighted by Gasteiger charge is -2.25. The number of nitrogens with one attached hydrogen (secondary N) is 5. The van der Waals surface area contributed by atoms with Gasteiger partial charge in [0.2, 0.25) is 23.6 Å². The molecule has 8 N–H and O–H groups in total. The van der Waals surface area contributed by atoms with Crippen molar-refractivity contribution in [2.24, 2.45) is 5.73 Å². The van der Waals surface area contributed by atoms with Crippen LogP contribution in [0.15, 0.2) is 30.5 Å². The monoisotopic (exact) mass is 560 g/mol. The number of hydrogen-bond acceptors (Lipinski definition) is 7. The van der Waals surface area contributed by atoms with Crippen molar-refractivity contribution in [2.45, 2.75) is 62.7 Å². The van der Waals surface area contributed by atoms with Crippen LogP contribution in [0, 0.1) is 0 Å². The average Bonchev–Trinajstić information content (AvgIpc) is 3.59. The first-order valence-corrected chi connectivity index (χ1v) is 14.3. The second-order valence-corrected chi connectivity index (χ2v) is 10.5. The molecule has 2 heterocycles. The molecule has 4 unspecified atom stereocenters. The summed E-state index contributed by atoms with van der Waals surface area (Å²) in [6.45, 7) is 0.717. The van der Waals surface area contributed by atoms with Crippen molar-refractivity contribution < 1.29 is 29.1 Å². The number of H-pyrrole nitrogens is 1. The molecule has 1 fully saturated rings. The van der Waals surface area contributed by atoms with Gasteiger partial charge < -0.3 is 37.1 Å². The van der Waals surface area contributed by atoms with Gasteiger partial charge in [-0.1, -0.05) is 18.2 Å². The molecule has 13 heteroatoms. The number of benzene rings is 1. The summed E-state index contributed by atoms with van der Waals surface area (Å²) in [5.41, 5.74) is 6.84. The van der Waals surface area contributed by atoms with Gasteiger partial charge in [-0.05, 0) is 55.9 Å². The molecule has 1 saturated heterocycles. The highest BCUT2D eigenvalue weighted by Gasteiger charge is 2.32. The molecule has 3 rings (SSSR count). The molecule has 0 radical (unpaired) electrons. The molecular weight excluding hydrogens is 524 g/mol. The molecular formula is C26H36N6O6S. The predicted molar refractivity (Wildman–Crippen MR) is 148 cm³/mol. The van der Waals surface area contributed by atoms with Crippen LogP contribution >= 0.6 is 11.8 Å². The van der Waals surface area contributed by atoms with Gasteiger partial charge >= 0.3 is 5.97 Å². The summed E-state index contributed by atoms with van der Waals surface area (Å²) in [6.07, 6.45) is 5.18. The van der Waals surface area contributed by atoms with Crippen LogP contribution in [-0.2, 0) is 30.4 Å². The Balaban J connectivity index is 1.78. The highest BCUT2D eigenvalue weighted by Crippen LogP contribution is 2.19. The first-order chi connectivity index (χ1) is 18.7. The van der Waals surface area contributed by atoms with Crippen molar-refractivity contribution in [3.8, 4) is 0 Å². The van der Waals surface area contributed by atoms with Crippen LogP contribution in [0.4, 0.5) is 0 Å². The molecule has 1 aliphatic heterocycles. The third kappa shape index (κ3) is 8.72. The standard InChI is InChI=1S/C26H36N6O6S/c1-39-12-10-19(24(35)31-20(26(37)38)8-9-22(27)33)30-25(36)21(32-23(34)18-7-4-11-28-18)13-15-14-29-17-6-3-2-5-16(15)17/h2-3,5-6,14,18-21,28-29H,4,7-13H2,1H3,(H2,27,33)(H,30,36)(H,31,35)(H,32,34)(H,37,38). The zero-order valence-corrected chi connectivity index (χ0v) is 22.6. The van der Waals surface area contributed by atoms with Gasteiger partial charge in [0.15, 0.2) is 0 Å². The van der Waals surface area contributed by atoms with E-state index in [0.29, 0.717) is 12.2 Å². The number of aromatic nitrogens is 1. The number of primary amides is 1. The molecule has 1 aromatic heterocycles. The number of amides is 4. The molecule has 39 heavy (non-hydrogen) atoms. The van der Waals surface area contributed by atoms with E-state index in [0.717, 1.165) is 29.4 Å². The largest absolute Gasteiger partial charge is 0.480 e. The van der Waals surface area contributed by atoms with Crippen LogP contribution < -0.4 is 27.0 Å². The Morgan fingerprint density at radius 1 is 1.05 bits per heavy atom. The van der Waals surface area contributed by atoms with E-state index in [4.69, 9.17) is 5.73 Å². The summed E-state index contributed by atoms with van der Waals surface area (Å²) in [7, 11) is 0. The van der Waals surface area contributed by atoms with Gasteiger partial charge in [0, 0.05) is 29.9 Å². The number of hydrogen-bond donors (Lipinski definition) is 7. The number of rotatable bonds is 15. The maximum Gasteiger partial charge on any atom is 0.326 e. The minimum atomic E-state index is -1.34. The van der Waals surface area contributed by atoms with Gasteiger partial charge in [-0.2, -0.15) is 11.8 Å². The fourth-order valence-corrected chi connectivity index (χ4v) is 4.97. The second-order valence-electron chi connectivity index (χ2n) is 9.52. The van der Waals surface area contributed by atoms with Crippen molar-refractivity contribution in [1.29, 1.82) is 0 Å². The van der Waals surface area contributed by atoms with Gasteiger partial charge in [0.05, 0.1) is 6.04 Å². The van der Waals surface area contributed by atoms with E-state index in [1.54, 1.807) is 6.20 Å². The Labute approximate surface area is 230 Å². The van der Waals surface area contributed by atoms with Crippen LogP contribution in [0.5, 0.6) is 0 Å². The maximum atomic E-state index is 13.5. The zero-order chi connectivity index (χ0) is 28.4. The topological polar surface area (TPSA) is 196 Å². The summed E-state index contributed by atoms with van der Waals surface area (Å²) in [6, 6.07) is 3.84. The van der Waals surface area contributed by atoms with E-state index < -0.39 is 47.9 Å². The van der Waals surface area contributed by atoms with E-state index in [-0.39, 0.29) is 31.6 Å². The Hall–Kier alpha value is -3.58. The number of nitrogens with two attached hydrogens (primary N) is 1. The van der Waals surface area contributed by atoms with Gasteiger partial charge in [0.1, 0.15) is 18.1 Å². The van der Waals surface area contributed by atoms with Gasteiger partial charge in [-0.3, -0.25) is 19.2 Å². The summed E-state index contributed by atoms with van der Waals surface area (Å²) in [5, 5.41) is 21.5. The molecule has 4 atom stereocenters. The van der Waals surface area contributed by atoms with Crippen LogP contribution in [0.3, 0.4) is 0 Å². The number of carbonyl (C=O) groups is 5. The molecule has 212 valence electrons. The first kappa shape index (κ1) is 30.0. The highest BCUT2D eigenvalue weighted by molar-refractivity contribution is 7.98. The second kappa shape index (κ2) is 14.5. The number of aliphatic carboxylic acids is 1. The number of para-hydroxylation sites is 1. The maximum absolute atomic E-state index is 13.5. The molecule has 12 nitrogen and oxygen atoms in total. The lowest BCUT2D eigenvalue weighted by molar-refractivity contribution is -0.142. The Kier molecular flexibility index (Phi) is 11.2.